The lowest BCUT2D eigenvalue weighted by Gasteiger charge is -2.13. The highest BCUT2D eigenvalue weighted by atomic mass is 32.2. The molecule has 0 radical (unpaired) electrons. The van der Waals surface area contributed by atoms with Gasteiger partial charge in [-0.3, -0.25) is 9.36 Å². The van der Waals surface area contributed by atoms with Crippen LogP contribution in [0, 0.1) is 5.82 Å². The highest BCUT2D eigenvalue weighted by Crippen LogP contribution is 2.29. The Morgan fingerprint density at radius 3 is 2.92 bits per heavy atom. The quantitative estimate of drug-likeness (QED) is 0.602. The number of carbonyl (C=O) groups is 1. The van der Waals surface area contributed by atoms with E-state index in [1.807, 2.05) is 0 Å². The molecule has 1 heterocycles. The molecule has 6 nitrogen and oxygen atoms in total. The van der Waals surface area contributed by atoms with Gasteiger partial charge < -0.3 is 10.4 Å². The SMILES string of the molecule is O=C(CSc1nc(=O)n(CCO)c2c1CCC2)Nc1ccccc1F. The Bertz CT molecular complexity index is 854. The summed E-state index contributed by atoms with van der Waals surface area (Å²) in [5.74, 6) is -0.813. The maximum absolute atomic E-state index is 13.6. The van der Waals surface area contributed by atoms with Crippen molar-refractivity contribution in [3.05, 3.63) is 51.8 Å². The summed E-state index contributed by atoms with van der Waals surface area (Å²) in [6, 6.07) is 5.96. The number of anilines is 1. The summed E-state index contributed by atoms with van der Waals surface area (Å²) in [6.07, 6.45) is 2.48. The van der Waals surface area contributed by atoms with E-state index in [1.54, 1.807) is 12.1 Å². The largest absolute Gasteiger partial charge is 0.395 e. The molecule has 2 N–H and O–H groups in total. The second-order valence-corrected chi connectivity index (χ2v) is 6.63. The summed E-state index contributed by atoms with van der Waals surface area (Å²) in [5.41, 5.74) is 1.58. The molecule has 25 heavy (non-hydrogen) atoms. The summed E-state index contributed by atoms with van der Waals surface area (Å²) in [6.45, 7) is 0.110. The molecule has 3 rings (SSSR count). The lowest BCUT2D eigenvalue weighted by Crippen LogP contribution is -2.28. The molecule has 0 bridgehead atoms. The zero-order chi connectivity index (χ0) is 17.8. The van der Waals surface area contributed by atoms with E-state index in [4.69, 9.17) is 5.11 Å². The molecule has 0 atom stereocenters. The third-order valence-corrected chi connectivity index (χ3v) is 5.03. The lowest BCUT2D eigenvalue weighted by atomic mass is 10.2. The zero-order valence-electron chi connectivity index (χ0n) is 13.5. The fraction of sp³-hybridized carbons (Fsp3) is 0.353. The first-order valence-corrected chi connectivity index (χ1v) is 8.99. The van der Waals surface area contributed by atoms with Crippen molar-refractivity contribution in [2.24, 2.45) is 0 Å². The Morgan fingerprint density at radius 1 is 1.36 bits per heavy atom. The maximum atomic E-state index is 13.6. The van der Waals surface area contributed by atoms with Crippen LogP contribution in [0.1, 0.15) is 17.7 Å². The van der Waals surface area contributed by atoms with Crippen molar-refractivity contribution in [2.75, 3.05) is 17.7 Å². The third kappa shape index (κ3) is 3.91. The Hall–Kier alpha value is -2.19. The van der Waals surface area contributed by atoms with Crippen molar-refractivity contribution in [3.63, 3.8) is 0 Å². The normalized spacial score (nSPS) is 12.9. The van der Waals surface area contributed by atoms with Gasteiger partial charge in [-0.15, -0.1) is 0 Å². The molecule has 0 saturated heterocycles. The molecule has 8 heteroatoms. The molecule has 1 aliphatic carbocycles. The molecule has 0 fully saturated rings. The van der Waals surface area contributed by atoms with Crippen LogP contribution in [-0.2, 0) is 24.2 Å². The lowest BCUT2D eigenvalue weighted by molar-refractivity contribution is -0.113. The monoisotopic (exact) mass is 363 g/mol. The standard InChI is InChI=1S/C17H18FN3O3S/c18-12-5-1-2-6-13(12)19-15(23)10-25-16-11-4-3-7-14(11)21(8-9-22)17(24)20-16/h1-2,5-6,22H,3-4,7-10H2,(H,19,23). The number of thioether (sulfide) groups is 1. The van der Waals surface area contributed by atoms with Gasteiger partial charge in [0.25, 0.3) is 0 Å². The number of nitrogens with zero attached hydrogens (tertiary/aromatic N) is 2. The van der Waals surface area contributed by atoms with Crippen molar-refractivity contribution in [1.82, 2.24) is 9.55 Å². The predicted octanol–water partition coefficient (Wildman–Crippen LogP) is 1.59. The minimum Gasteiger partial charge on any atom is -0.395 e. The van der Waals surface area contributed by atoms with Crippen molar-refractivity contribution in [2.45, 2.75) is 30.8 Å². The maximum Gasteiger partial charge on any atom is 0.348 e. The van der Waals surface area contributed by atoms with Gasteiger partial charge >= 0.3 is 5.69 Å². The van der Waals surface area contributed by atoms with Gasteiger partial charge in [0.05, 0.1) is 24.6 Å². The zero-order valence-corrected chi connectivity index (χ0v) is 14.3. The molecule has 0 spiro atoms. The first-order valence-electron chi connectivity index (χ1n) is 8.00. The Kier molecular flexibility index (Phi) is 5.50. The number of aliphatic hydroxyl groups is 1. The number of para-hydroxylation sites is 1. The molecule has 0 aliphatic heterocycles. The van der Waals surface area contributed by atoms with Crippen molar-refractivity contribution >= 4 is 23.4 Å². The number of fused-ring (bicyclic) bond motifs is 1. The van der Waals surface area contributed by atoms with E-state index < -0.39 is 11.5 Å². The van der Waals surface area contributed by atoms with Crippen molar-refractivity contribution in [3.8, 4) is 0 Å². The number of rotatable bonds is 6. The van der Waals surface area contributed by atoms with Gasteiger partial charge in [-0.2, -0.15) is 4.98 Å². The van der Waals surface area contributed by atoms with Gasteiger partial charge in [-0.05, 0) is 31.4 Å². The number of halogens is 1. The first kappa shape index (κ1) is 17.6. The van der Waals surface area contributed by atoms with Crippen LogP contribution >= 0.6 is 11.8 Å². The average Bonchev–Trinajstić information content (AvgIpc) is 3.08. The van der Waals surface area contributed by atoms with E-state index in [0.717, 1.165) is 30.5 Å². The van der Waals surface area contributed by atoms with Crippen LogP contribution < -0.4 is 11.0 Å². The van der Waals surface area contributed by atoms with Gasteiger partial charge in [-0.1, -0.05) is 23.9 Å². The summed E-state index contributed by atoms with van der Waals surface area (Å²) in [7, 11) is 0. The van der Waals surface area contributed by atoms with E-state index in [-0.39, 0.29) is 30.5 Å². The molecule has 1 aromatic heterocycles. The van der Waals surface area contributed by atoms with Crippen LogP contribution in [0.25, 0.3) is 0 Å². The fourth-order valence-electron chi connectivity index (χ4n) is 2.92. The van der Waals surface area contributed by atoms with E-state index >= 15 is 0 Å². The molecule has 132 valence electrons. The van der Waals surface area contributed by atoms with Gasteiger partial charge in [-0.25, -0.2) is 9.18 Å². The topological polar surface area (TPSA) is 84.2 Å². The predicted molar refractivity (Wildman–Crippen MR) is 93.4 cm³/mol. The van der Waals surface area contributed by atoms with Crippen LogP contribution in [0.2, 0.25) is 0 Å². The summed E-state index contributed by atoms with van der Waals surface area (Å²) in [4.78, 5) is 28.3. The highest BCUT2D eigenvalue weighted by molar-refractivity contribution is 8.00. The summed E-state index contributed by atoms with van der Waals surface area (Å²) in [5, 5.41) is 12.2. The Morgan fingerprint density at radius 2 is 2.16 bits per heavy atom. The van der Waals surface area contributed by atoms with E-state index in [0.29, 0.717) is 5.03 Å². The number of hydrogen-bond acceptors (Lipinski definition) is 5. The molecular weight excluding hydrogens is 345 g/mol. The molecule has 2 aromatic rings. The molecule has 0 unspecified atom stereocenters. The molecular formula is C17H18FN3O3S. The molecule has 0 saturated carbocycles. The van der Waals surface area contributed by atoms with Crippen LogP contribution in [0.4, 0.5) is 10.1 Å². The third-order valence-electron chi connectivity index (χ3n) is 4.01. The molecule has 1 aliphatic rings. The van der Waals surface area contributed by atoms with E-state index in [1.165, 1.54) is 28.5 Å². The smallest absolute Gasteiger partial charge is 0.348 e. The fourth-order valence-corrected chi connectivity index (χ4v) is 3.80. The number of carbonyl (C=O) groups excluding carboxylic acids is 1. The first-order chi connectivity index (χ1) is 12.1. The second kappa shape index (κ2) is 7.79. The Balaban J connectivity index is 1.73. The number of hydrogen-bond donors (Lipinski definition) is 2. The molecule has 1 amide bonds. The van der Waals surface area contributed by atoms with Crippen molar-refractivity contribution < 1.29 is 14.3 Å². The number of aliphatic hydroxyl groups excluding tert-OH is 1. The Labute approximate surface area is 148 Å². The van der Waals surface area contributed by atoms with E-state index in [9.17, 15) is 14.0 Å². The highest BCUT2D eigenvalue weighted by Gasteiger charge is 2.22. The van der Waals surface area contributed by atoms with Crippen LogP contribution in [0.15, 0.2) is 34.1 Å². The number of aromatic nitrogens is 2. The minimum absolute atomic E-state index is 0.0389. The van der Waals surface area contributed by atoms with E-state index in [2.05, 4.69) is 10.3 Å². The second-order valence-electron chi connectivity index (χ2n) is 5.67. The minimum atomic E-state index is -0.494. The number of benzene rings is 1. The van der Waals surface area contributed by atoms with Gasteiger partial charge in [0, 0.05) is 11.3 Å². The van der Waals surface area contributed by atoms with Crippen LogP contribution in [0.3, 0.4) is 0 Å². The summed E-state index contributed by atoms with van der Waals surface area (Å²) >= 11 is 1.18. The number of amides is 1. The van der Waals surface area contributed by atoms with Crippen LogP contribution in [-0.4, -0.2) is 32.9 Å². The summed E-state index contributed by atoms with van der Waals surface area (Å²) < 4.78 is 15.1. The van der Waals surface area contributed by atoms with Gasteiger partial charge in [0.2, 0.25) is 5.91 Å². The number of nitrogens with one attached hydrogen (secondary N) is 1. The van der Waals surface area contributed by atoms with Gasteiger partial charge in [0.1, 0.15) is 10.8 Å². The van der Waals surface area contributed by atoms with Gasteiger partial charge in [0.15, 0.2) is 0 Å². The molecule has 1 aromatic carbocycles. The average molecular weight is 363 g/mol. The van der Waals surface area contributed by atoms with Crippen molar-refractivity contribution in [1.29, 1.82) is 0 Å². The van der Waals surface area contributed by atoms with Crippen LogP contribution in [0.5, 0.6) is 0 Å².